The Bertz CT molecular complexity index is 365. The topological polar surface area (TPSA) is 41.6 Å². The monoisotopic (exact) mass is 367 g/mol. The fourth-order valence-corrected chi connectivity index (χ4v) is 1.64. The fourth-order valence-electron chi connectivity index (χ4n) is 1.44. The zero-order chi connectivity index (χ0) is 12.0. The Morgan fingerprint density at radius 1 is 1.29 bits per heavy atom. The summed E-state index contributed by atoms with van der Waals surface area (Å²) < 4.78 is 0. The summed E-state index contributed by atoms with van der Waals surface area (Å²) in [7, 11) is 0. The van der Waals surface area contributed by atoms with E-state index in [0.29, 0.717) is 12.5 Å². The van der Waals surface area contributed by atoms with E-state index in [2.05, 4.69) is 18.8 Å². The van der Waals surface area contributed by atoms with Gasteiger partial charge in [0.25, 0.3) is 0 Å². The van der Waals surface area contributed by atoms with Crippen molar-refractivity contribution in [3.05, 3.63) is 34.9 Å². The van der Waals surface area contributed by atoms with Gasteiger partial charge < -0.3 is 10.6 Å². The molecule has 3 nitrogen and oxygen atoms in total. The predicted octanol–water partition coefficient (Wildman–Crippen LogP) is 3.11. The Morgan fingerprint density at radius 2 is 1.88 bits per heavy atom. The van der Waals surface area contributed by atoms with Crippen molar-refractivity contribution in [3.8, 4) is 0 Å². The molecule has 0 radical (unpaired) electrons. The van der Waals surface area contributed by atoms with Crippen LogP contribution < -0.4 is 5.73 Å². The highest BCUT2D eigenvalue weighted by molar-refractivity contribution is 14.0. The zero-order valence-electron chi connectivity index (χ0n) is 10.2. The minimum atomic E-state index is 0. The smallest absolute Gasteiger partial charge is 0.191 e. The van der Waals surface area contributed by atoms with Crippen LogP contribution in [0, 0.1) is 0 Å². The first-order valence-electron chi connectivity index (χ1n) is 5.47. The van der Waals surface area contributed by atoms with E-state index in [9.17, 15) is 0 Å². The van der Waals surface area contributed by atoms with E-state index in [4.69, 9.17) is 17.3 Å². The van der Waals surface area contributed by atoms with Crippen molar-refractivity contribution >= 4 is 41.5 Å². The predicted molar refractivity (Wildman–Crippen MR) is 85.1 cm³/mol. The molecule has 0 bridgehead atoms. The summed E-state index contributed by atoms with van der Waals surface area (Å²) in [5, 5.41) is 0.735. The van der Waals surface area contributed by atoms with Gasteiger partial charge >= 0.3 is 0 Å². The Morgan fingerprint density at radius 3 is 2.41 bits per heavy atom. The lowest BCUT2D eigenvalue weighted by Gasteiger charge is -2.19. The highest BCUT2D eigenvalue weighted by Crippen LogP contribution is 2.15. The summed E-state index contributed by atoms with van der Waals surface area (Å²) in [6.45, 7) is 6.38. The van der Waals surface area contributed by atoms with Crippen molar-refractivity contribution in [1.29, 1.82) is 0 Å². The molecule has 0 spiro atoms. The molecule has 0 fully saturated rings. The molecule has 0 atom stereocenters. The number of rotatable bonds is 4. The van der Waals surface area contributed by atoms with E-state index in [-0.39, 0.29) is 24.0 Å². The average Bonchev–Trinajstić information content (AvgIpc) is 2.29. The second-order valence-electron chi connectivity index (χ2n) is 3.44. The maximum Gasteiger partial charge on any atom is 0.191 e. The van der Waals surface area contributed by atoms with Crippen LogP contribution in [0.5, 0.6) is 0 Å². The van der Waals surface area contributed by atoms with Crippen LogP contribution in [0.1, 0.15) is 19.4 Å². The minimum absolute atomic E-state index is 0. The standard InChI is InChI=1S/C12H18ClN3.HI/c1-3-16(4-2)12(14)15-9-10-7-5-6-8-11(10)13;/h5-8H,3-4,9H2,1-2H3,(H2,14,15);1H. The third kappa shape index (κ3) is 5.12. The van der Waals surface area contributed by atoms with Crippen LogP contribution in [0.3, 0.4) is 0 Å². The van der Waals surface area contributed by atoms with Gasteiger partial charge in [0.2, 0.25) is 0 Å². The summed E-state index contributed by atoms with van der Waals surface area (Å²) in [5.74, 6) is 0.574. The van der Waals surface area contributed by atoms with Crippen LogP contribution in [0.15, 0.2) is 29.3 Å². The highest BCUT2D eigenvalue weighted by atomic mass is 127. The Labute approximate surface area is 125 Å². The van der Waals surface area contributed by atoms with Crippen molar-refractivity contribution < 1.29 is 0 Å². The van der Waals surface area contributed by atoms with Crippen LogP contribution in [-0.4, -0.2) is 23.9 Å². The Balaban J connectivity index is 0.00000256. The van der Waals surface area contributed by atoms with Gasteiger partial charge in [-0.15, -0.1) is 24.0 Å². The molecular formula is C12H19ClIN3. The van der Waals surface area contributed by atoms with E-state index < -0.39 is 0 Å². The van der Waals surface area contributed by atoms with Crippen molar-refractivity contribution in [1.82, 2.24) is 4.90 Å². The summed E-state index contributed by atoms with van der Waals surface area (Å²) in [6, 6.07) is 7.68. The van der Waals surface area contributed by atoms with Crippen LogP contribution in [0.2, 0.25) is 5.02 Å². The quantitative estimate of drug-likeness (QED) is 0.505. The van der Waals surface area contributed by atoms with E-state index in [1.54, 1.807) is 0 Å². The third-order valence-corrected chi connectivity index (χ3v) is 2.83. The third-order valence-electron chi connectivity index (χ3n) is 2.46. The maximum atomic E-state index is 6.03. The van der Waals surface area contributed by atoms with Gasteiger partial charge in [0, 0.05) is 18.1 Å². The molecule has 0 saturated heterocycles. The number of hydrogen-bond donors (Lipinski definition) is 1. The SMILES string of the molecule is CCN(CC)C(N)=NCc1ccccc1Cl.I. The number of guanidine groups is 1. The number of halogens is 2. The van der Waals surface area contributed by atoms with Gasteiger partial charge in [-0.3, -0.25) is 0 Å². The highest BCUT2D eigenvalue weighted by Gasteiger charge is 2.02. The molecule has 5 heteroatoms. The number of hydrogen-bond acceptors (Lipinski definition) is 1. The van der Waals surface area contributed by atoms with Crippen LogP contribution in [-0.2, 0) is 6.54 Å². The van der Waals surface area contributed by atoms with Gasteiger partial charge in [-0.1, -0.05) is 29.8 Å². The minimum Gasteiger partial charge on any atom is -0.370 e. The van der Waals surface area contributed by atoms with E-state index in [1.165, 1.54) is 0 Å². The van der Waals surface area contributed by atoms with Crippen molar-refractivity contribution in [2.75, 3.05) is 13.1 Å². The molecule has 96 valence electrons. The molecular weight excluding hydrogens is 349 g/mol. The first kappa shape index (κ1) is 16.5. The average molecular weight is 368 g/mol. The molecule has 0 aromatic heterocycles. The van der Waals surface area contributed by atoms with Crippen LogP contribution >= 0.6 is 35.6 Å². The summed E-state index contributed by atoms with van der Waals surface area (Å²) in [5.41, 5.74) is 6.87. The lowest BCUT2D eigenvalue weighted by Crippen LogP contribution is -2.37. The second-order valence-corrected chi connectivity index (χ2v) is 3.85. The molecule has 2 N–H and O–H groups in total. The van der Waals surface area contributed by atoms with Gasteiger partial charge in [-0.2, -0.15) is 0 Å². The Hall–Kier alpha value is -0.490. The van der Waals surface area contributed by atoms with E-state index in [1.807, 2.05) is 29.2 Å². The summed E-state index contributed by atoms with van der Waals surface area (Å²) in [6.07, 6.45) is 0. The molecule has 0 heterocycles. The van der Waals surface area contributed by atoms with E-state index >= 15 is 0 Å². The molecule has 0 aliphatic heterocycles. The zero-order valence-corrected chi connectivity index (χ0v) is 13.3. The van der Waals surface area contributed by atoms with Gasteiger partial charge in [-0.05, 0) is 25.5 Å². The number of nitrogens with zero attached hydrogens (tertiary/aromatic N) is 2. The number of nitrogens with two attached hydrogens (primary N) is 1. The van der Waals surface area contributed by atoms with Crippen molar-refractivity contribution in [3.63, 3.8) is 0 Å². The molecule has 0 aliphatic rings. The molecule has 17 heavy (non-hydrogen) atoms. The fraction of sp³-hybridized carbons (Fsp3) is 0.417. The van der Waals surface area contributed by atoms with Gasteiger partial charge in [0.1, 0.15) is 0 Å². The largest absolute Gasteiger partial charge is 0.370 e. The van der Waals surface area contributed by atoms with Crippen LogP contribution in [0.4, 0.5) is 0 Å². The van der Waals surface area contributed by atoms with Gasteiger partial charge in [-0.25, -0.2) is 4.99 Å². The Kier molecular flexibility index (Phi) is 8.33. The number of aliphatic imine (C=N–C) groups is 1. The molecule has 1 aromatic rings. The molecule has 1 rings (SSSR count). The van der Waals surface area contributed by atoms with E-state index in [0.717, 1.165) is 23.7 Å². The number of benzene rings is 1. The maximum absolute atomic E-state index is 6.03. The van der Waals surface area contributed by atoms with Crippen molar-refractivity contribution in [2.45, 2.75) is 20.4 Å². The van der Waals surface area contributed by atoms with Crippen molar-refractivity contribution in [2.24, 2.45) is 10.7 Å². The summed E-state index contributed by atoms with van der Waals surface area (Å²) >= 11 is 6.03. The first-order chi connectivity index (χ1) is 7.69. The van der Waals surface area contributed by atoms with Crippen LogP contribution in [0.25, 0.3) is 0 Å². The first-order valence-corrected chi connectivity index (χ1v) is 5.85. The molecule has 0 aliphatic carbocycles. The molecule has 0 saturated carbocycles. The summed E-state index contributed by atoms with van der Waals surface area (Å²) in [4.78, 5) is 6.34. The lowest BCUT2D eigenvalue weighted by atomic mass is 10.2. The lowest BCUT2D eigenvalue weighted by molar-refractivity contribution is 0.458. The van der Waals surface area contributed by atoms with Gasteiger partial charge in [0.15, 0.2) is 5.96 Å². The molecule has 1 aromatic carbocycles. The molecule has 0 amide bonds. The normalized spacial score (nSPS) is 10.9. The van der Waals surface area contributed by atoms with Gasteiger partial charge in [0.05, 0.1) is 6.54 Å². The second kappa shape index (κ2) is 8.58. The molecule has 0 unspecified atom stereocenters.